The molecule has 1 unspecified atom stereocenters. The average molecular weight is 345 g/mol. The van der Waals surface area contributed by atoms with Gasteiger partial charge in [-0.05, 0) is 24.6 Å². The smallest absolute Gasteiger partial charge is 0.244 e. The van der Waals surface area contributed by atoms with Crippen LogP contribution in [0.2, 0.25) is 10.0 Å². The first kappa shape index (κ1) is 16.1. The maximum Gasteiger partial charge on any atom is 0.244 e. The van der Waals surface area contributed by atoms with Gasteiger partial charge in [-0.1, -0.05) is 53.5 Å². The van der Waals surface area contributed by atoms with E-state index in [4.69, 9.17) is 28.9 Å². The van der Waals surface area contributed by atoms with Gasteiger partial charge in [0.25, 0.3) is 0 Å². The molecule has 0 bridgehead atoms. The third kappa shape index (κ3) is 3.68. The van der Waals surface area contributed by atoms with Crippen LogP contribution in [0.5, 0.6) is 0 Å². The van der Waals surface area contributed by atoms with Gasteiger partial charge in [0.1, 0.15) is 4.90 Å². The molecule has 0 heterocycles. The highest BCUT2D eigenvalue weighted by molar-refractivity contribution is 7.89. The zero-order valence-corrected chi connectivity index (χ0v) is 13.5. The Morgan fingerprint density at radius 3 is 2.33 bits per heavy atom. The van der Waals surface area contributed by atoms with E-state index < -0.39 is 16.1 Å². The molecule has 7 heteroatoms. The van der Waals surface area contributed by atoms with Crippen molar-refractivity contribution in [3.05, 3.63) is 58.1 Å². The molecule has 0 fully saturated rings. The molecule has 3 N–H and O–H groups in total. The van der Waals surface area contributed by atoms with Crippen LogP contribution in [0.25, 0.3) is 0 Å². The fourth-order valence-electron chi connectivity index (χ4n) is 1.97. The summed E-state index contributed by atoms with van der Waals surface area (Å²) >= 11 is 11.8. The molecule has 2 rings (SSSR count). The number of anilines is 1. The summed E-state index contributed by atoms with van der Waals surface area (Å²) in [7, 11) is -3.85. The van der Waals surface area contributed by atoms with Crippen molar-refractivity contribution in [2.45, 2.75) is 17.9 Å². The first-order chi connectivity index (χ1) is 9.81. The van der Waals surface area contributed by atoms with Crippen LogP contribution in [0.15, 0.2) is 47.4 Å². The van der Waals surface area contributed by atoms with Crippen molar-refractivity contribution in [2.75, 3.05) is 5.73 Å². The lowest BCUT2D eigenvalue weighted by Gasteiger charge is -2.16. The highest BCUT2D eigenvalue weighted by Crippen LogP contribution is 2.31. The van der Waals surface area contributed by atoms with Crippen LogP contribution in [-0.4, -0.2) is 8.42 Å². The third-order valence-electron chi connectivity index (χ3n) is 2.94. The van der Waals surface area contributed by atoms with Gasteiger partial charge in [0.2, 0.25) is 10.0 Å². The fraction of sp³-hybridized carbons (Fsp3) is 0.143. The largest absolute Gasteiger partial charge is 0.398 e. The highest BCUT2D eigenvalue weighted by atomic mass is 35.5. The minimum atomic E-state index is -3.85. The second-order valence-corrected chi connectivity index (χ2v) is 7.05. The molecule has 112 valence electrons. The van der Waals surface area contributed by atoms with E-state index in [1.165, 1.54) is 12.1 Å². The van der Waals surface area contributed by atoms with Gasteiger partial charge in [0.05, 0.1) is 10.7 Å². The number of halogens is 2. The number of hydrogen-bond donors (Lipinski definition) is 2. The summed E-state index contributed by atoms with van der Waals surface area (Å²) in [6.45, 7) is 1.74. The molecule has 0 aliphatic rings. The Morgan fingerprint density at radius 2 is 1.76 bits per heavy atom. The summed E-state index contributed by atoms with van der Waals surface area (Å²) in [5.74, 6) is 0. The Bertz CT molecular complexity index is 726. The molecule has 0 spiro atoms. The van der Waals surface area contributed by atoms with Gasteiger partial charge in [-0.3, -0.25) is 0 Å². The number of nitrogens with one attached hydrogen (secondary N) is 1. The van der Waals surface area contributed by atoms with Gasteiger partial charge in [0, 0.05) is 11.1 Å². The van der Waals surface area contributed by atoms with Crippen LogP contribution in [-0.2, 0) is 10.0 Å². The van der Waals surface area contributed by atoms with Gasteiger partial charge in [-0.15, -0.1) is 0 Å². The van der Waals surface area contributed by atoms with E-state index in [0.29, 0.717) is 0 Å². The van der Waals surface area contributed by atoms with Crippen LogP contribution >= 0.6 is 23.2 Å². The first-order valence-corrected chi connectivity index (χ1v) is 8.37. The molecule has 0 saturated heterocycles. The van der Waals surface area contributed by atoms with Crippen LogP contribution in [0, 0.1) is 0 Å². The van der Waals surface area contributed by atoms with E-state index in [9.17, 15) is 8.42 Å². The molecule has 2 aromatic carbocycles. The van der Waals surface area contributed by atoms with Crippen molar-refractivity contribution in [2.24, 2.45) is 0 Å². The van der Waals surface area contributed by atoms with Gasteiger partial charge in [-0.25, -0.2) is 13.1 Å². The monoisotopic (exact) mass is 344 g/mol. The lowest BCUT2D eigenvalue weighted by atomic mass is 10.1. The molecule has 0 radical (unpaired) electrons. The standard InChI is InChI=1S/C14H14Cl2N2O2S/c1-9(10-5-3-2-4-6-10)18-21(19,20)14-12(16)7-11(15)8-13(14)17/h2-9,18H,17H2,1H3. The Kier molecular flexibility index (Phi) is 4.78. The van der Waals surface area contributed by atoms with E-state index in [-0.39, 0.29) is 20.6 Å². The molecule has 2 aromatic rings. The van der Waals surface area contributed by atoms with E-state index in [1.807, 2.05) is 30.3 Å². The first-order valence-electron chi connectivity index (χ1n) is 6.13. The highest BCUT2D eigenvalue weighted by Gasteiger charge is 2.24. The number of hydrogen-bond acceptors (Lipinski definition) is 3. The molecule has 0 aliphatic heterocycles. The Labute approximate surface area is 133 Å². The van der Waals surface area contributed by atoms with Crippen LogP contribution in [0.4, 0.5) is 5.69 Å². The Balaban J connectivity index is 2.36. The molecular weight excluding hydrogens is 331 g/mol. The summed E-state index contributed by atoms with van der Waals surface area (Å²) in [6, 6.07) is 11.5. The van der Waals surface area contributed by atoms with Crippen molar-refractivity contribution in [3.63, 3.8) is 0 Å². The molecule has 0 amide bonds. The number of nitrogens with two attached hydrogens (primary N) is 1. The van der Waals surface area contributed by atoms with Crippen LogP contribution in [0.3, 0.4) is 0 Å². The predicted octanol–water partition coefficient (Wildman–Crippen LogP) is 3.62. The maximum absolute atomic E-state index is 12.5. The number of rotatable bonds is 4. The second-order valence-electron chi connectivity index (χ2n) is 4.56. The van der Waals surface area contributed by atoms with Gasteiger partial charge < -0.3 is 5.73 Å². The summed E-state index contributed by atoms with van der Waals surface area (Å²) in [5, 5.41) is 0.278. The summed E-state index contributed by atoms with van der Waals surface area (Å²) in [5.41, 5.74) is 6.59. The van der Waals surface area contributed by atoms with Gasteiger partial charge >= 0.3 is 0 Å². The SMILES string of the molecule is CC(NS(=O)(=O)c1c(N)cc(Cl)cc1Cl)c1ccccc1. The normalized spacial score (nSPS) is 13.1. The van der Waals surface area contributed by atoms with Crippen molar-refractivity contribution >= 4 is 38.9 Å². The fourth-order valence-corrected chi connectivity index (χ4v) is 4.18. The van der Waals surface area contributed by atoms with E-state index in [1.54, 1.807) is 6.92 Å². The summed E-state index contributed by atoms with van der Waals surface area (Å²) in [6.07, 6.45) is 0. The van der Waals surface area contributed by atoms with Crippen molar-refractivity contribution in [1.82, 2.24) is 4.72 Å². The van der Waals surface area contributed by atoms with Crippen LogP contribution < -0.4 is 10.5 Å². The molecular formula is C14H14Cl2N2O2S. The lowest BCUT2D eigenvalue weighted by molar-refractivity contribution is 0.567. The number of benzene rings is 2. The zero-order chi connectivity index (χ0) is 15.6. The van der Waals surface area contributed by atoms with Crippen LogP contribution in [0.1, 0.15) is 18.5 Å². The lowest BCUT2D eigenvalue weighted by Crippen LogP contribution is -2.27. The summed E-state index contributed by atoms with van der Waals surface area (Å²) < 4.78 is 27.5. The van der Waals surface area contributed by atoms with Crippen molar-refractivity contribution in [1.29, 1.82) is 0 Å². The molecule has 0 aromatic heterocycles. The molecule has 4 nitrogen and oxygen atoms in total. The van der Waals surface area contributed by atoms with Gasteiger partial charge in [-0.2, -0.15) is 0 Å². The Hall–Kier alpha value is -1.27. The number of nitrogen functional groups attached to an aromatic ring is 1. The quantitative estimate of drug-likeness (QED) is 0.832. The molecule has 21 heavy (non-hydrogen) atoms. The number of sulfonamides is 1. The van der Waals surface area contributed by atoms with E-state index in [0.717, 1.165) is 5.56 Å². The molecule has 1 atom stereocenters. The minimum Gasteiger partial charge on any atom is -0.398 e. The van der Waals surface area contributed by atoms with Crippen molar-refractivity contribution < 1.29 is 8.42 Å². The average Bonchev–Trinajstić information content (AvgIpc) is 2.37. The summed E-state index contributed by atoms with van der Waals surface area (Å²) in [4.78, 5) is -0.156. The Morgan fingerprint density at radius 1 is 1.14 bits per heavy atom. The molecule has 0 saturated carbocycles. The van der Waals surface area contributed by atoms with Crippen molar-refractivity contribution in [3.8, 4) is 0 Å². The third-order valence-corrected chi connectivity index (χ3v) is 5.22. The van der Waals surface area contributed by atoms with Gasteiger partial charge in [0.15, 0.2) is 0 Å². The topological polar surface area (TPSA) is 72.2 Å². The zero-order valence-electron chi connectivity index (χ0n) is 11.2. The predicted molar refractivity (Wildman–Crippen MR) is 86.1 cm³/mol. The van der Waals surface area contributed by atoms with E-state index >= 15 is 0 Å². The van der Waals surface area contributed by atoms with E-state index in [2.05, 4.69) is 4.72 Å². The molecule has 0 aliphatic carbocycles. The second kappa shape index (κ2) is 6.23. The maximum atomic E-state index is 12.5. The minimum absolute atomic E-state index is 0.00670.